The Kier molecular flexibility index (Phi) is 3.74. The molecule has 0 saturated heterocycles. The van der Waals surface area contributed by atoms with Gasteiger partial charge in [-0.05, 0) is 67.5 Å². The number of aryl methyl sites for hydroxylation is 1. The standard InChI is InChI=1S/C20H18F2/c1-12-8-15(6-7-17(12)18-9-13(18)2)4-5-16-10-19(21)14(3)20(22)11-16/h6-8,10-11,13,18H,9H2,1-3H3. The van der Waals surface area contributed by atoms with Crippen molar-refractivity contribution < 1.29 is 8.78 Å². The first-order valence-corrected chi connectivity index (χ1v) is 7.54. The maximum atomic E-state index is 13.5. The zero-order valence-electron chi connectivity index (χ0n) is 13.0. The molecule has 2 heteroatoms. The Balaban J connectivity index is 1.87. The Hall–Kier alpha value is -2.14. The number of hydrogen-bond acceptors (Lipinski definition) is 0. The van der Waals surface area contributed by atoms with E-state index in [2.05, 4.69) is 31.8 Å². The Morgan fingerprint density at radius 2 is 1.55 bits per heavy atom. The lowest BCUT2D eigenvalue weighted by Crippen LogP contribution is -1.91. The van der Waals surface area contributed by atoms with E-state index < -0.39 is 11.6 Å². The molecule has 2 unspecified atom stereocenters. The molecule has 0 heterocycles. The first-order chi connectivity index (χ1) is 10.5. The lowest BCUT2D eigenvalue weighted by atomic mass is 10.0. The van der Waals surface area contributed by atoms with Crippen LogP contribution in [0.1, 0.15) is 47.1 Å². The molecule has 0 spiro atoms. The van der Waals surface area contributed by atoms with Gasteiger partial charge in [-0.3, -0.25) is 0 Å². The lowest BCUT2D eigenvalue weighted by Gasteiger charge is -2.04. The topological polar surface area (TPSA) is 0 Å². The van der Waals surface area contributed by atoms with Crippen LogP contribution in [0.15, 0.2) is 30.3 Å². The Morgan fingerprint density at radius 3 is 2.09 bits per heavy atom. The molecule has 0 amide bonds. The molecular formula is C20H18F2. The van der Waals surface area contributed by atoms with Crippen LogP contribution < -0.4 is 0 Å². The van der Waals surface area contributed by atoms with Gasteiger partial charge in [0.25, 0.3) is 0 Å². The summed E-state index contributed by atoms with van der Waals surface area (Å²) in [5, 5.41) is 0. The minimum atomic E-state index is -0.557. The fourth-order valence-corrected chi connectivity index (χ4v) is 2.79. The van der Waals surface area contributed by atoms with Crippen LogP contribution in [-0.4, -0.2) is 0 Å². The maximum absolute atomic E-state index is 13.5. The molecule has 0 nitrogen and oxygen atoms in total. The number of halogens is 2. The number of benzene rings is 2. The Bertz CT molecular complexity index is 770. The minimum absolute atomic E-state index is 0.0318. The van der Waals surface area contributed by atoms with Crippen LogP contribution in [0.4, 0.5) is 8.78 Å². The van der Waals surface area contributed by atoms with Gasteiger partial charge in [0.15, 0.2) is 0 Å². The summed E-state index contributed by atoms with van der Waals surface area (Å²) in [6.45, 7) is 5.78. The molecular weight excluding hydrogens is 278 g/mol. The molecule has 1 fully saturated rings. The van der Waals surface area contributed by atoms with E-state index in [1.165, 1.54) is 36.6 Å². The minimum Gasteiger partial charge on any atom is -0.207 e. The van der Waals surface area contributed by atoms with Gasteiger partial charge in [-0.25, -0.2) is 8.78 Å². The second-order valence-electron chi connectivity index (χ2n) is 6.21. The summed E-state index contributed by atoms with van der Waals surface area (Å²) in [5.41, 5.74) is 3.89. The molecule has 1 aliphatic carbocycles. The van der Waals surface area contributed by atoms with Crippen molar-refractivity contribution in [2.45, 2.75) is 33.1 Å². The van der Waals surface area contributed by atoms with Crippen molar-refractivity contribution >= 4 is 0 Å². The van der Waals surface area contributed by atoms with Crippen molar-refractivity contribution in [3.05, 3.63) is 69.8 Å². The summed E-state index contributed by atoms with van der Waals surface area (Å²) in [7, 11) is 0. The van der Waals surface area contributed by atoms with Crippen LogP contribution in [0.25, 0.3) is 0 Å². The largest absolute Gasteiger partial charge is 0.207 e. The average molecular weight is 296 g/mol. The highest BCUT2D eigenvalue weighted by atomic mass is 19.1. The molecule has 2 aromatic rings. The third-order valence-corrected chi connectivity index (χ3v) is 4.41. The highest BCUT2D eigenvalue weighted by Gasteiger charge is 2.34. The van der Waals surface area contributed by atoms with Crippen molar-refractivity contribution in [2.75, 3.05) is 0 Å². The third-order valence-electron chi connectivity index (χ3n) is 4.41. The summed E-state index contributed by atoms with van der Waals surface area (Å²) in [4.78, 5) is 0. The van der Waals surface area contributed by atoms with E-state index in [0.29, 0.717) is 11.5 Å². The van der Waals surface area contributed by atoms with Crippen LogP contribution >= 0.6 is 0 Å². The molecule has 0 aromatic heterocycles. The average Bonchev–Trinajstić information content (AvgIpc) is 3.19. The van der Waals surface area contributed by atoms with Crippen LogP contribution in [0.3, 0.4) is 0 Å². The first-order valence-electron chi connectivity index (χ1n) is 7.54. The van der Waals surface area contributed by atoms with Gasteiger partial charge in [-0.2, -0.15) is 0 Å². The van der Waals surface area contributed by atoms with Crippen molar-refractivity contribution in [3.8, 4) is 11.8 Å². The summed E-state index contributed by atoms with van der Waals surface area (Å²) in [6, 6.07) is 8.72. The monoisotopic (exact) mass is 296 g/mol. The van der Waals surface area contributed by atoms with Crippen LogP contribution in [0.5, 0.6) is 0 Å². The van der Waals surface area contributed by atoms with E-state index in [1.807, 2.05) is 12.1 Å². The van der Waals surface area contributed by atoms with Gasteiger partial charge in [0.05, 0.1) is 0 Å². The van der Waals surface area contributed by atoms with Gasteiger partial charge in [0, 0.05) is 16.7 Å². The summed E-state index contributed by atoms with van der Waals surface area (Å²) in [5.74, 6) is 6.17. The van der Waals surface area contributed by atoms with Gasteiger partial charge in [-0.1, -0.05) is 24.8 Å². The quantitative estimate of drug-likeness (QED) is 0.642. The highest BCUT2D eigenvalue weighted by molar-refractivity contribution is 5.47. The summed E-state index contributed by atoms with van der Waals surface area (Å²) < 4.78 is 27.0. The van der Waals surface area contributed by atoms with Crippen molar-refractivity contribution in [1.82, 2.24) is 0 Å². The molecule has 2 atom stereocenters. The molecule has 2 aromatic carbocycles. The molecule has 0 bridgehead atoms. The molecule has 1 aliphatic rings. The fourth-order valence-electron chi connectivity index (χ4n) is 2.79. The normalized spacial score (nSPS) is 19.5. The molecule has 1 saturated carbocycles. The second-order valence-corrected chi connectivity index (χ2v) is 6.21. The zero-order valence-corrected chi connectivity index (χ0v) is 13.0. The number of hydrogen-bond donors (Lipinski definition) is 0. The highest BCUT2D eigenvalue weighted by Crippen LogP contribution is 2.47. The van der Waals surface area contributed by atoms with E-state index in [-0.39, 0.29) is 5.56 Å². The predicted molar refractivity (Wildman–Crippen MR) is 84.8 cm³/mol. The fraction of sp³-hybridized carbons (Fsp3) is 0.300. The van der Waals surface area contributed by atoms with E-state index in [9.17, 15) is 8.78 Å². The van der Waals surface area contributed by atoms with Crippen LogP contribution in [-0.2, 0) is 0 Å². The van der Waals surface area contributed by atoms with E-state index in [1.54, 1.807) is 0 Å². The Morgan fingerprint density at radius 1 is 0.955 bits per heavy atom. The Labute approximate surface area is 130 Å². The van der Waals surface area contributed by atoms with Gasteiger partial charge in [0.2, 0.25) is 0 Å². The summed E-state index contributed by atoms with van der Waals surface area (Å²) >= 11 is 0. The van der Waals surface area contributed by atoms with Crippen molar-refractivity contribution in [1.29, 1.82) is 0 Å². The van der Waals surface area contributed by atoms with E-state index in [4.69, 9.17) is 0 Å². The molecule has 0 aliphatic heterocycles. The van der Waals surface area contributed by atoms with Gasteiger partial charge in [-0.15, -0.1) is 0 Å². The van der Waals surface area contributed by atoms with Crippen molar-refractivity contribution in [2.24, 2.45) is 5.92 Å². The third kappa shape index (κ3) is 2.90. The van der Waals surface area contributed by atoms with Crippen LogP contribution in [0.2, 0.25) is 0 Å². The first kappa shape index (κ1) is 14.8. The molecule has 112 valence electrons. The lowest BCUT2D eigenvalue weighted by molar-refractivity contribution is 0.567. The van der Waals surface area contributed by atoms with Crippen molar-refractivity contribution in [3.63, 3.8) is 0 Å². The molecule has 3 rings (SSSR count). The SMILES string of the molecule is Cc1cc(C#Cc2cc(F)c(C)c(F)c2)ccc1C1CC1C. The molecule has 0 N–H and O–H groups in total. The summed E-state index contributed by atoms with van der Waals surface area (Å²) in [6.07, 6.45) is 1.26. The number of rotatable bonds is 1. The maximum Gasteiger partial charge on any atom is 0.130 e. The van der Waals surface area contributed by atoms with Gasteiger partial charge < -0.3 is 0 Å². The predicted octanol–water partition coefficient (Wildman–Crippen LogP) is 5.10. The molecule has 22 heavy (non-hydrogen) atoms. The van der Waals surface area contributed by atoms with E-state index in [0.717, 1.165) is 11.5 Å². The van der Waals surface area contributed by atoms with E-state index >= 15 is 0 Å². The zero-order chi connectivity index (χ0) is 15.9. The smallest absolute Gasteiger partial charge is 0.130 e. The second kappa shape index (κ2) is 5.57. The molecule has 0 radical (unpaired) electrons. The van der Waals surface area contributed by atoms with Gasteiger partial charge in [0.1, 0.15) is 11.6 Å². The van der Waals surface area contributed by atoms with Crippen LogP contribution in [0, 0.1) is 43.2 Å². The van der Waals surface area contributed by atoms with Gasteiger partial charge >= 0.3 is 0 Å².